The summed E-state index contributed by atoms with van der Waals surface area (Å²) in [5.74, 6) is 1.68. The van der Waals surface area contributed by atoms with E-state index in [4.69, 9.17) is 19.5 Å². The number of carbonyl (C=O) groups excluding carboxylic acids is 1. The van der Waals surface area contributed by atoms with E-state index in [1.807, 2.05) is 68.1 Å². The van der Waals surface area contributed by atoms with Crippen LogP contribution in [-0.4, -0.2) is 70.3 Å². The predicted octanol–water partition coefficient (Wildman–Crippen LogP) is 4.40. The lowest BCUT2D eigenvalue weighted by molar-refractivity contribution is 0.0442. The molecule has 1 saturated heterocycles. The summed E-state index contributed by atoms with van der Waals surface area (Å²) in [6, 6.07) is 15.0. The molecule has 1 spiro atoms. The molecule has 3 aliphatic heterocycles. The van der Waals surface area contributed by atoms with E-state index in [0.29, 0.717) is 49.5 Å². The zero-order valence-electron chi connectivity index (χ0n) is 23.7. The fourth-order valence-corrected chi connectivity index (χ4v) is 5.91. The number of pyridine rings is 2. The maximum atomic E-state index is 12.9. The molecule has 0 bridgehead atoms. The fourth-order valence-electron chi connectivity index (χ4n) is 5.91. The summed E-state index contributed by atoms with van der Waals surface area (Å²) in [5, 5.41) is 17.1. The Morgan fingerprint density at radius 2 is 1.85 bits per heavy atom. The first kappa shape index (κ1) is 27.2. The maximum Gasteiger partial charge on any atom is 0.256 e. The van der Waals surface area contributed by atoms with Crippen molar-refractivity contribution in [3.05, 3.63) is 77.1 Å². The third-order valence-electron chi connectivity index (χ3n) is 8.29. The van der Waals surface area contributed by atoms with E-state index in [2.05, 4.69) is 15.6 Å². The van der Waals surface area contributed by atoms with Crippen molar-refractivity contribution in [1.29, 1.82) is 0 Å². The molecular formula is C31H36N6O4. The molecule has 3 aliphatic rings. The standard InChI is InChI=1S/C31H36N6O4/c1-4-37-29(39)21-10-11-25(35-27(21)30(37,2)3)34-26-16-23(33-24(18-38)20-8-6-5-7-9-20)22(17-32-26)28-36-31(19-41-28)12-14-40-15-13-31/h5-11,16-17,24,38H,4,12-15,18-19H2,1-3H3,(H2,32,33,34,35)/t24-/m1/s1. The quantitative estimate of drug-likeness (QED) is 0.373. The summed E-state index contributed by atoms with van der Waals surface area (Å²) in [4.78, 5) is 29.2. The molecule has 0 unspecified atom stereocenters. The number of aromatic nitrogens is 2. The Labute approximate surface area is 239 Å². The van der Waals surface area contributed by atoms with Gasteiger partial charge in [-0.05, 0) is 51.3 Å². The molecule has 1 amide bonds. The number of benzene rings is 1. The first-order valence-corrected chi connectivity index (χ1v) is 14.2. The van der Waals surface area contributed by atoms with Gasteiger partial charge in [0.15, 0.2) is 0 Å². The second-order valence-corrected chi connectivity index (χ2v) is 11.3. The lowest BCUT2D eigenvalue weighted by Crippen LogP contribution is -2.39. The second-order valence-electron chi connectivity index (χ2n) is 11.3. The molecule has 5 heterocycles. The van der Waals surface area contributed by atoms with Gasteiger partial charge < -0.3 is 30.1 Å². The minimum Gasteiger partial charge on any atom is -0.475 e. The van der Waals surface area contributed by atoms with E-state index in [9.17, 15) is 9.90 Å². The van der Waals surface area contributed by atoms with Gasteiger partial charge in [-0.15, -0.1) is 0 Å². The van der Waals surface area contributed by atoms with E-state index in [1.165, 1.54) is 0 Å². The molecule has 10 nitrogen and oxygen atoms in total. The fraction of sp³-hybridized carbons (Fsp3) is 0.419. The van der Waals surface area contributed by atoms with Gasteiger partial charge in [-0.3, -0.25) is 4.79 Å². The smallest absolute Gasteiger partial charge is 0.256 e. The van der Waals surface area contributed by atoms with Gasteiger partial charge >= 0.3 is 0 Å². The number of nitrogens with zero attached hydrogens (tertiary/aromatic N) is 4. The predicted molar refractivity (Wildman–Crippen MR) is 157 cm³/mol. The van der Waals surface area contributed by atoms with E-state index < -0.39 is 5.54 Å². The van der Waals surface area contributed by atoms with E-state index >= 15 is 0 Å². The number of hydrogen-bond acceptors (Lipinski definition) is 9. The average molecular weight is 557 g/mol. The van der Waals surface area contributed by atoms with Crippen molar-refractivity contribution in [2.45, 2.75) is 50.7 Å². The molecule has 0 aliphatic carbocycles. The van der Waals surface area contributed by atoms with Gasteiger partial charge in [0.2, 0.25) is 5.90 Å². The van der Waals surface area contributed by atoms with Crippen LogP contribution in [0.1, 0.15) is 66.8 Å². The summed E-state index contributed by atoms with van der Waals surface area (Å²) in [5.41, 5.74) is 2.98. The zero-order valence-corrected chi connectivity index (χ0v) is 23.7. The van der Waals surface area contributed by atoms with Gasteiger partial charge in [0.05, 0.1) is 40.7 Å². The van der Waals surface area contributed by atoms with E-state index in [0.717, 1.165) is 35.3 Å². The lowest BCUT2D eigenvalue weighted by Gasteiger charge is -2.30. The van der Waals surface area contributed by atoms with E-state index in [-0.39, 0.29) is 24.1 Å². The first-order valence-electron chi connectivity index (χ1n) is 14.2. The Hall–Kier alpha value is -4.02. The van der Waals surface area contributed by atoms with Crippen molar-refractivity contribution >= 4 is 29.1 Å². The average Bonchev–Trinajstić information content (AvgIpc) is 3.47. The van der Waals surface area contributed by atoms with Crippen molar-refractivity contribution in [2.75, 3.05) is 43.6 Å². The van der Waals surface area contributed by atoms with Gasteiger partial charge in [0.1, 0.15) is 23.8 Å². The SMILES string of the molecule is CCN1C(=O)c2ccc(Nc3cc(N[C@H](CO)c4ccccc4)c(C4=NC5(CCOCC5)CO4)cn3)nc2C1(C)C. The lowest BCUT2D eigenvalue weighted by atomic mass is 9.92. The number of hydrogen-bond donors (Lipinski definition) is 3. The molecule has 2 aromatic heterocycles. The molecule has 41 heavy (non-hydrogen) atoms. The number of fused-ring (bicyclic) bond motifs is 1. The molecule has 6 rings (SSSR count). The number of anilines is 3. The second kappa shape index (κ2) is 10.8. The van der Waals surface area contributed by atoms with Gasteiger partial charge in [-0.25, -0.2) is 15.0 Å². The highest BCUT2D eigenvalue weighted by molar-refractivity contribution is 6.01. The minimum atomic E-state index is -0.509. The molecule has 1 aromatic carbocycles. The minimum absolute atomic E-state index is 0.00360. The number of aliphatic imine (C=N–C) groups is 1. The Morgan fingerprint density at radius 3 is 2.59 bits per heavy atom. The van der Waals surface area contributed by atoms with Crippen molar-refractivity contribution < 1.29 is 19.4 Å². The van der Waals surface area contributed by atoms with Crippen LogP contribution in [0.4, 0.5) is 17.3 Å². The number of aliphatic hydroxyl groups excluding tert-OH is 1. The molecule has 0 saturated carbocycles. The summed E-state index contributed by atoms with van der Waals surface area (Å²) in [7, 11) is 0. The largest absolute Gasteiger partial charge is 0.475 e. The van der Waals surface area contributed by atoms with Crippen LogP contribution in [0.5, 0.6) is 0 Å². The zero-order chi connectivity index (χ0) is 28.6. The topological polar surface area (TPSA) is 121 Å². The molecule has 1 fully saturated rings. The van der Waals surface area contributed by atoms with Crippen LogP contribution < -0.4 is 10.6 Å². The molecular weight excluding hydrogens is 520 g/mol. The summed E-state index contributed by atoms with van der Waals surface area (Å²) < 4.78 is 11.7. The van der Waals surface area contributed by atoms with Crippen LogP contribution in [0.2, 0.25) is 0 Å². The molecule has 3 N–H and O–H groups in total. The van der Waals surface area contributed by atoms with Crippen LogP contribution >= 0.6 is 0 Å². The number of ether oxygens (including phenoxy) is 2. The highest BCUT2D eigenvalue weighted by Gasteiger charge is 2.43. The molecule has 1 atom stereocenters. The van der Waals surface area contributed by atoms with Gasteiger partial charge in [-0.2, -0.15) is 0 Å². The summed E-state index contributed by atoms with van der Waals surface area (Å²) >= 11 is 0. The van der Waals surface area contributed by atoms with Crippen LogP contribution in [0.25, 0.3) is 0 Å². The Kier molecular flexibility index (Phi) is 7.13. The van der Waals surface area contributed by atoms with Crippen molar-refractivity contribution in [1.82, 2.24) is 14.9 Å². The molecule has 3 aromatic rings. The molecule has 214 valence electrons. The molecule has 0 radical (unpaired) electrons. The van der Waals surface area contributed by atoms with Crippen LogP contribution in [0, 0.1) is 0 Å². The highest BCUT2D eigenvalue weighted by Crippen LogP contribution is 2.38. The van der Waals surface area contributed by atoms with Crippen molar-refractivity contribution in [2.24, 2.45) is 4.99 Å². The Bertz CT molecular complexity index is 1470. The molecule has 10 heteroatoms. The maximum absolute atomic E-state index is 12.9. The van der Waals surface area contributed by atoms with Crippen molar-refractivity contribution in [3.8, 4) is 0 Å². The third kappa shape index (κ3) is 5.02. The number of amides is 1. The van der Waals surface area contributed by atoms with Crippen LogP contribution in [0.15, 0.2) is 59.7 Å². The van der Waals surface area contributed by atoms with E-state index in [1.54, 1.807) is 12.3 Å². The van der Waals surface area contributed by atoms with Crippen LogP contribution in [-0.2, 0) is 15.0 Å². The number of rotatable bonds is 8. The summed E-state index contributed by atoms with van der Waals surface area (Å²) in [6.07, 6.45) is 3.36. The van der Waals surface area contributed by atoms with Crippen molar-refractivity contribution in [3.63, 3.8) is 0 Å². The number of carbonyl (C=O) groups is 1. The van der Waals surface area contributed by atoms with Gasteiger partial charge in [-0.1, -0.05) is 30.3 Å². The number of aliphatic hydroxyl groups is 1. The summed E-state index contributed by atoms with van der Waals surface area (Å²) in [6.45, 7) is 8.34. The Balaban J connectivity index is 1.34. The van der Waals surface area contributed by atoms with Gasteiger partial charge in [0, 0.05) is 32.0 Å². The van der Waals surface area contributed by atoms with Gasteiger partial charge in [0.25, 0.3) is 5.91 Å². The van der Waals surface area contributed by atoms with Crippen LogP contribution in [0.3, 0.4) is 0 Å². The normalized spacial score (nSPS) is 19.5. The highest BCUT2D eigenvalue weighted by atomic mass is 16.5. The first-order chi connectivity index (χ1) is 19.8. The Morgan fingerprint density at radius 1 is 1.07 bits per heavy atom. The third-order valence-corrected chi connectivity index (χ3v) is 8.29. The monoisotopic (exact) mass is 556 g/mol. The number of nitrogens with one attached hydrogen (secondary N) is 2.